The molecule has 0 heterocycles. The highest BCUT2D eigenvalue weighted by molar-refractivity contribution is 6.30. The number of hydrogen-bond donors (Lipinski definition) is 0. The van der Waals surface area contributed by atoms with Crippen LogP contribution in [0.15, 0.2) is 60.9 Å². The second-order valence-electron chi connectivity index (χ2n) is 4.42. The van der Waals surface area contributed by atoms with Crippen molar-refractivity contribution in [2.75, 3.05) is 0 Å². The Bertz CT molecular complexity index is 654. The predicted octanol–water partition coefficient (Wildman–Crippen LogP) is 5.93. The summed E-state index contributed by atoms with van der Waals surface area (Å²) in [4.78, 5) is 0. The molecule has 0 aliphatic carbocycles. The van der Waals surface area contributed by atoms with Gasteiger partial charge in [-0.3, -0.25) is 0 Å². The summed E-state index contributed by atoms with van der Waals surface area (Å²) in [6, 6.07) is 14.4. The van der Waals surface area contributed by atoms with E-state index in [0.717, 1.165) is 6.26 Å². The zero-order valence-electron chi connectivity index (χ0n) is 11.1. The quantitative estimate of drug-likeness (QED) is 0.492. The fourth-order valence-electron chi connectivity index (χ4n) is 1.75. The Labute approximate surface area is 135 Å². The Morgan fingerprint density at radius 3 is 2.32 bits per heavy atom. The van der Waals surface area contributed by atoms with Crippen molar-refractivity contribution in [3.8, 4) is 5.75 Å². The normalized spacial score (nSPS) is 13.8. The van der Waals surface area contributed by atoms with E-state index in [1.54, 1.807) is 36.4 Å². The smallest absolute Gasteiger partial charge is 0.409 e. The van der Waals surface area contributed by atoms with Gasteiger partial charge in [0.15, 0.2) is 5.38 Å². The van der Waals surface area contributed by atoms with Gasteiger partial charge < -0.3 is 4.74 Å². The first-order chi connectivity index (χ1) is 10.4. The molecule has 116 valence electrons. The van der Waals surface area contributed by atoms with E-state index in [9.17, 15) is 13.2 Å². The summed E-state index contributed by atoms with van der Waals surface area (Å²) in [6.07, 6.45) is -3.58. The summed E-state index contributed by atoms with van der Waals surface area (Å²) in [6.45, 7) is 0. The molecule has 0 aliphatic heterocycles. The van der Waals surface area contributed by atoms with Crippen LogP contribution in [0, 0.1) is 0 Å². The van der Waals surface area contributed by atoms with Crippen LogP contribution in [0.4, 0.5) is 13.2 Å². The van der Waals surface area contributed by atoms with Crippen molar-refractivity contribution in [2.45, 2.75) is 11.6 Å². The molecule has 0 radical (unpaired) electrons. The average molecular weight is 347 g/mol. The number of hydrogen-bond acceptors (Lipinski definition) is 1. The molecular weight excluding hydrogens is 336 g/mol. The maximum absolute atomic E-state index is 12.9. The third-order valence-electron chi connectivity index (χ3n) is 2.79. The van der Waals surface area contributed by atoms with Crippen molar-refractivity contribution >= 4 is 28.8 Å². The molecule has 0 amide bonds. The average Bonchev–Trinajstić information content (AvgIpc) is 2.47. The summed E-state index contributed by atoms with van der Waals surface area (Å²) in [7, 11) is 0. The highest BCUT2D eigenvalue weighted by Gasteiger charge is 2.41. The molecule has 2 aromatic rings. The third kappa shape index (κ3) is 4.42. The summed E-state index contributed by atoms with van der Waals surface area (Å²) in [5.74, 6) is 0.326. The maximum atomic E-state index is 12.9. The molecule has 0 bridgehead atoms. The number of alkyl halides is 4. The van der Waals surface area contributed by atoms with Crippen LogP contribution in [0.25, 0.3) is 5.57 Å². The SMILES string of the molecule is FC(F)(F)[C@H](Cl)/C(=C/Oc1cccc(Cl)c1)c1ccccc1. The molecule has 0 fully saturated rings. The van der Waals surface area contributed by atoms with Crippen LogP contribution >= 0.6 is 23.2 Å². The minimum atomic E-state index is -4.58. The molecule has 0 unspecified atom stereocenters. The molecule has 6 heteroatoms. The van der Waals surface area contributed by atoms with Gasteiger partial charge >= 0.3 is 6.18 Å². The fraction of sp³-hybridized carbons (Fsp3) is 0.125. The highest BCUT2D eigenvalue weighted by Crippen LogP contribution is 2.35. The standard InChI is InChI=1S/C16H11Cl2F3O/c17-12-7-4-8-13(9-12)22-10-14(15(18)16(19,20)21)11-5-2-1-3-6-11/h1-10,15H/b14-10+/t15-/m1/s1. The van der Waals surface area contributed by atoms with E-state index in [1.165, 1.54) is 18.2 Å². The Morgan fingerprint density at radius 1 is 1.05 bits per heavy atom. The van der Waals surface area contributed by atoms with Crippen LogP contribution in [0.3, 0.4) is 0 Å². The second kappa shape index (κ2) is 7.07. The molecule has 0 spiro atoms. The van der Waals surface area contributed by atoms with Crippen molar-refractivity contribution in [1.29, 1.82) is 0 Å². The number of ether oxygens (including phenoxy) is 1. The van der Waals surface area contributed by atoms with Gasteiger partial charge in [-0.05, 0) is 23.8 Å². The van der Waals surface area contributed by atoms with E-state index in [1.807, 2.05) is 0 Å². The van der Waals surface area contributed by atoms with Gasteiger partial charge in [0.05, 0.1) is 6.26 Å². The topological polar surface area (TPSA) is 9.23 Å². The first kappa shape index (κ1) is 16.7. The van der Waals surface area contributed by atoms with Crippen LogP contribution in [0.1, 0.15) is 5.56 Å². The molecule has 0 aromatic heterocycles. The van der Waals surface area contributed by atoms with Gasteiger partial charge in [0.2, 0.25) is 0 Å². The largest absolute Gasteiger partial charge is 0.465 e. The van der Waals surface area contributed by atoms with Crippen molar-refractivity contribution in [3.63, 3.8) is 0 Å². The molecule has 0 N–H and O–H groups in total. The third-order valence-corrected chi connectivity index (χ3v) is 3.50. The van der Waals surface area contributed by atoms with E-state index in [4.69, 9.17) is 27.9 Å². The highest BCUT2D eigenvalue weighted by atomic mass is 35.5. The molecule has 2 aromatic carbocycles. The van der Waals surface area contributed by atoms with Gasteiger partial charge in [-0.25, -0.2) is 0 Å². The zero-order chi connectivity index (χ0) is 16.2. The minimum absolute atomic E-state index is 0.172. The van der Waals surface area contributed by atoms with Crippen LogP contribution in [-0.4, -0.2) is 11.6 Å². The van der Waals surface area contributed by atoms with Gasteiger partial charge in [0, 0.05) is 10.6 Å². The lowest BCUT2D eigenvalue weighted by molar-refractivity contribution is -0.119. The molecule has 0 saturated heterocycles. The van der Waals surface area contributed by atoms with Crippen molar-refractivity contribution in [2.24, 2.45) is 0 Å². The van der Waals surface area contributed by atoms with E-state index >= 15 is 0 Å². The maximum Gasteiger partial charge on any atom is 0.409 e. The lowest BCUT2D eigenvalue weighted by atomic mass is 10.0. The summed E-state index contributed by atoms with van der Waals surface area (Å²) < 4.78 is 44.1. The molecule has 1 nitrogen and oxygen atoms in total. The second-order valence-corrected chi connectivity index (χ2v) is 5.29. The first-order valence-electron chi connectivity index (χ1n) is 6.26. The molecule has 1 atom stereocenters. The van der Waals surface area contributed by atoms with Gasteiger partial charge in [-0.15, -0.1) is 11.6 Å². The lowest BCUT2D eigenvalue weighted by Crippen LogP contribution is -2.25. The predicted molar refractivity (Wildman–Crippen MR) is 82.2 cm³/mol. The van der Waals surface area contributed by atoms with Crippen molar-refractivity contribution in [3.05, 3.63) is 71.4 Å². The van der Waals surface area contributed by atoms with Crippen LogP contribution in [0.5, 0.6) is 5.75 Å². The van der Waals surface area contributed by atoms with E-state index in [-0.39, 0.29) is 5.57 Å². The molecule has 0 saturated carbocycles. The Morgan fingerprint density at radius 2 is 1.73 bits per heavy atom. The van der Waals surface area contributed by atoms with Crippen LogP contribution < -0.4 is 4.74 Å². The molecule has 2 rings (SSSR count). The van der Waals surface area contributed by atoms with Gasteiger partial charge in [-0.2, -0.15) is 13.2 Å². The minimum Gasteiger partial charge on any atom is -0.465 e. The Hall–Kier alpha value is -1.65. The molecule has 22 heavy (non-hydrogen) atoms. The van der Waals surface area contributed by atoms with Crippen molar-refractivity contribution in [1.82, 2.24) is 0 Å². The Kier molecular flexibility index (Phi) is 5.37. The number of allylic oxidation sites excluding steroid dienone is 1. The summed E-state index contributed by atoms with van der Waals surface area (Å²) in [5, 5.41) is -1.75. The van der Waals surface area contributed by atoms with E-state index in [2.05, 4.69) is 0 Å². The fourth-order valence-corrected chi connectivity index (χ4v) is 2.11. The number of halogens is 5. The van der Waals surface area contributed by atoms with Crippen LogP contribution in [-0.2, 0) is 0 Å². The number of rotatable bonds is 4. The van der Waals surface area contributed by atoms with E-state index in [0.29, 0.717) is 16.3 Å². The molecule has 0 aliphatic rings. The van der Waals surface area contributed by atoms with E-state index < -0.39 is 11.6 Å². The van der Waals surface area contributed by atoms with Gasteiger partial charge in [0.25, 0.3) is 0 Å². The number of benzene rings is 2. The zero-order valence-corrected chi connectivity index (χ0v) is 12.7. The molecular formula is C16H11Cl2F3O. The summed E-state index contributed by atoms with van der Waals surface area (Å²) in [5.41, 5.74) is 0.164. The first-order valence-corrected chi connectivity index (χ1v) is 7.08. The monoisotopic (exact) mass is 346 g/mol. The Balaban J connectivity index is 2.34. The van der Waals surface area contributed by atoms with Gasteiger partial charge in [-0.1, -0.05) is 48.0 Å². The summed E-state index contributed by atoms with van der Waals surface area (Å²) >= 11 is 11.4. The van der Waals surface area contributed by atoms with Crippen LogP contribution in [0.2, 0.25) is 5.02 Å². The van der Waals surface area contributed by atoms with Crippen molar-refractivity contribution < 1.29 is 17.9 Å². The van der Waals surface area contributed by atoms with Gasteiger partial charge in [0.1, 0.15) is 5.75 Å². The lowest BCUT2D eigenvalue weighted by Gasteiger charge is -2.17.